The highest BCUT2D eigenvalue weighted by molar-refractivity contribution is 8.05. The lowest BCUT2D eigenvalue weighted by molar-refractivity contribution is -0.104. The molecule has 9 heteroatoms. The summed E-state index contributed by atoms with van der Waals surface area (Å²) in [6.45, 7) is 0.853. The first-order valence-electron chi connectivity index (χ1n) is 10.4. The van der Waals surface area contributed by atoms with Crippen LogP contribution < -0.4 is 14.4 Å². The first-order valence-corrected chi connectivity index (χ1v) is 11.5. The van der Waals surface area contributed by atoms with Gasteiger partial charge in [0, 0.05) is 23.3 Å². The van der Waals surface area contributed by atoms with Crippen molar-refractivity contribution in [2.45, 2.75) is 6.61 Å². The topological polar surface area (TPSA) is 67.4 Å². The Balaban J connectivity index is 1.34. The zero-order chi connectivity index (χ0) is 23.5. The van der Waals surface area contributed by atoms with E-state index in [9.17, 15) is 9.18 Å². The minimum absolute atomic E-state index is 0.207. The first kappa shape index (κ1) is 22.2. The number of halogens is 2. The summed E-state index contributed by atoms with van der Waals surface area (Å²) >= 11 is 7.84. The fraction of sp³-hybridized carbons (Fsp3) is 0.0800. The van der Waals surface area contributed by atoms with Crippen molar-refractivity contribution in [2.75, 3.05) is 16.2 Å². The summed E-state index contributed by atoms with van der Waals surface area (Å²) in [4.78, 5) is 20.5. The fourth-order valence-corrected chi connectivity index (χ4v) is 4.57. The number of aldehydes is 1. The van der Waals surface area contributed by atoms with E-state index in [4.69, 9.17) is 16.3 Å². The van der Waals surface area contributed by atoms with Crippen molar-refractivity contribution < 1.29 is 13.9 Å². The summed E-state index contributed by atoms with van der Waals surface area (Å²) in [6, 6.07) is 17.5. The molecule has 5 rings (SSSR count). The standard InChI is InChI=1S/C25H18ClFN4O2S/c26-22-11-18(4-7-24(22)33-14-16-2-1-3-17(27)10-16)30-25-21-12-19(5-6-23(21)28-15-29-25)31-9-8-20(13-32)34-31/h1-8,10-13,15H,9,14H2,(H,28,29,30). The van der Waals surface area contributed by atoms with Crippen molar-refractivity contribution in [2.24, 2.45) is 0 Å². The van der Waals surface area contributed by atoms with Gasteiger partial charge in [-0.3, -0.25) is 4.79 Å². The number of carbonyl (C=O) groups excluding carboxylic acids is 1. The quantitative estimate of drug-likeness (QED) is 0.240. The number of nitrogens with one attached hydrogen (secondary N) is 1. The van der Waals surface area contributed by atoms with Crippen LogP contribution in [-0.2, 0) is 11.4 Å². The summed E-state index contributed by atoms with van der Waals surface area (Å²) in [5.41, 5.74) is 3.18. The van der Waals surface area contributed by atoms with Crippen LogP contribution in [0.15, 0.2) is 78.0 Å². The van der Waals surface area contributed by atoms with E-state index in [1.54, 1.807) is 24.3 Å². The summed E-state index contributed by atoms with van der Waals surface area (Å²) in [6.07, 6.45) is 4.25. The lowest BCUT2D eigenvalue weighted by Gasteiger charge is -2.17. The van der Waals surface area contributed by atoms with E-state index >= 15 is 0 Å². The van der Waals surface area contributed by atoms with Crippen molar-refractivity contribution in [3.05, 3.63) is 94.4 Å². The Bertz CT molecular complexity index is 1420. The third-order valence-corrected chi connectivity index (χ3v) is 6.52. The minimum Gasteiger partial charge on any atom is -0.487 e. The van der Waals surface area contributed by atoms with E-state index in [1.165, 1.54) is 30.4 Å². The molecule has 1 aliphatic heterocycles. The fourth-order valence-electron chi connectivity index (χ4n) is 3.52. The van der Waals surface area contributed by atoms with Crippen LogP contribution in [0.4, 0.5) is 21.6 Å². The third kappa shape index (κ3) is 4.83. The number of carbonyl (C=O) groups is 1. The highest BCUT2D eigenvalue weighted by Gasteiger charge is 2.17. The van der Waals surface area contributed by atoms with Gasteiger partial charge in [0.2, 0.25) is 0 Å². The van der Waals surface area contributed by atoms with Crippen LogP contribution in [0, 0.1) is 5.82 Å². The Kier molecular flexibility index (Phi) is 6.33. The van der Waals surface area contributed by atoms with Gasteiger partial charge >= 0.3 is 0 Å². The second kappa shape index (κ2) is 9.70. The van der Waals surface area contributed by atoms with Crippen LogP contribution in [0.1, 0.15) is 5.56 Å². The Morgan fingerprint density at radius 2 is 2.06 bits per heavy atom. The molecule has 0 fully saturated rings. The second-order valence-electron chi connectivity index (χ2n) is 7.49. The summed E-state index contributed by atoms with van der Waals surface area (Å²) in [5.74, 6) is 0.815. The number of hydrogen-bond acceptors (Lipinski definition) is 7. The smallest absolute Gasteiger partial charge is 0.157 e. The van der Waals surface area contributed by atoms with Gasteiger partial charge in [-0.15, -0.1) is 0 Å². The molecule has 0 bridgehead atoms. The maximum atomic E-state index is 13.4. The molecule has 0 aliphatic carbocycles. The zero-order valence-corrected chi connectivity index (χ0v) is 19.3. The molecule has 0 unspecified atom stereocenters. The zero-order valence-electron chi connectivity index (χ0n) is 17.7. The van der Waals surface area contributed by atoms with E-state index in [2.05, 4.69) is 15.3 Å². The average molecular weight is 493 g/mol. The van der Waals surface area contributed by atoms with Crippen LogP contribution >= 0.6 is 23.5 Å². The van der Waals surface area contributed by atoms with Gasteiger partial charge in [-0.25, -0.2) is 14.4 Å². The van der Waals surface area contributed by atoms with E-state index in [-0.39, 0.29) is 12.4 Å². The predicted molar refractivity (Wildman–Crippen MR) is 134 cm³/mol. The van der Waals surface area contributed by atoms with Crippen LogP contribution in [0.25, 0.3) is 10.9 Å². The van der Waals surface area contributed by atoms with Gasteiger partial charge in [0.05, 0.1) is 15.4 Å². The Hall–Kier alpha value is -3.62. The predicted octanol–water partition coefficient (Wildman–Crippen LogP) is 6.30. The molecule has 2 heterocycles. The van der Waals surface area contributed by atoms with E-state index < -0.39 is 0 Å². The monoisotopic (exact) mass is 492 g/mol. The Labute approximate surface area is 204 Å². The molecule has 1 N–H and O–H groups in total. The minimum atomic E-state index is -0.309. The molecule has 0 saturated heterocycles. The Morgan fingerprint density at radius 1 is 1.15 bits per heavy atom. The number of benzene rings is 3. The largest absolute Gasteiger partial charge is 0.487 e. The van der Waals surface area contributed by atoms with E-state index in [0.29, 0.717) is 33.6 Å². The molecular weight excluding hydrogens is 475 g/mol. The first-order chi connectivity index (χ1) is 16.6. The van der Waals surface area contributed by atoms with Crippen LogP contribution in [0.3, 0.4) is 0 Å². The summed E-state index contributed by atoms with van der Waals surface area (Å²) in [7, 11) is 0. The lowest BCUT2D eigenvalue weighted by atomic mass is 10.2. The van der Waals surface area contributed by atoms with Crippen molar-refractivity contribution >= 4 is 57.9 Å². The van der Waals surface area contributed by atoms with E-state index in [0.717, 1.165) is 28.6 Å². The maximum Gasteiger partial charge on any atom is 0.157 e. The molecular formula is C25H18ClFN4O2S. The van der Waals surface area contributed by atoms with E-state index in [1.807, 2.05) is 34.6 Å². The molecule has 0 radical (unpaired) electrons. The number of anilines is 3. The third-order valence-electron chi connectivity index (χ3n) is 5.17. The van der Waals surface area contributed by atoms with Crippen molar-refractivity contribution in [3.8, 4) is 5.75 Å². The number of rotatable bonds is 7. The van der Waals surface area contributed by atoms with Gasteiger partial charge in [-0.05, 0) is 72.1 Å². The highest BCUT2D eigenvalue weighted by atomic mass is 35.5. The van der Waals surface area contributed by atoms with Gasteiger partial charge in [-0.1, -0.05) is 23.7 Å². The normalized spacial score (nSPS) is 13.1. The van der Waals surface area contributed by atoms with Gasteiger partial charge < -0.3 is 14.4 Å². The molecule has 0 amide bonds. The lowest BCUT2D eigenvalue weighted by Crippen LogP contribution is -2.09. The number of allylic oxidation sites excluding steroid dienone is 1. The highest BCUT2D eigenvalue weighted by Crippen LogP contribution is 2.36. The molecule has 34 heavy (non-hydrogen) atoms. The Morgan fingerprint density at radius 3 is 2.85 bits per heavy atom. The number of nitrogens with zero attached hydrogens (tertiary/aromatic N) is 3. The van der Waals surface area contributed by atoms with Gasteiger partial charge in [0.1, 0.15) is 30.3 Å². The van der Waals surface area contributed by atoms with Crippen LogP contribution in [0.2, 0.25) is 5.02 Å². The summed E-state index contributed by atoms with van der Waals surface area (Å²) in [5, 5.41) is 4.55. The molecule has 1 aliphatic rings. The maximum absolute atomic E-state index is 13.4. The summed E-state index contributed by atoms with van der Waals surface area (Å²) < 4.78 is 21.2. The number of fused-ring (bicyclic) bond motifs is 1. The van der Waals surface area contributed by atoms with Crippen LogP contribution in [-0.4, -0.2) is 22.8 Å². The molecule has 3 aromatic carbocycles. The molecule has 4 aromatic rings. The van der Waals surface area contributed by atoms with Gasteiger partial charge in [0.15, 0.2) is 6.29 Å². The van der Waals surface area contributed by atoms with Crippen LogP contribution in [0.5, 0.6) is 5.75 Å². The molecule has 0 saturated carbocycles. The van der Waals surface area contributed by atoms with Crippen molar-refractivity contribution in [1.29, 1.82) is 0 Å². The molecule has 0 atom stereocenters. The molecule has 1 aromatic heterocycles. The van der Waals surface area contributed by atoms with Gasteiger partial charge in [-0.2, -0.15) is 0 Å². The van der Waals surface area contributed by atoms with Crippen molar-refractivity contribution in [1.82, 2.24) is 9.97 Å². The number of aromatic nitrogens is 2. The van der Waals surface area contributed by atoms with Crippen molar-refractivity contribution in [3.63, 3.8) is 0 Å². The molecule has 170 valence electrons. The molecule has 0 spiro atoms. The SMILES string of the molecule is O=CC1=CCN(c2ccc3ncnc(Nc4ccc(OCc5cccc(F)c5)c(Cl)c4)c3c2)S1. The second-order valence-corrected chi connectivity index (χ2v) is 8.99. The molecule has 6 nitrogen and oxygen atoms in total. The average Bonchev–Trinajstić information content (AvgIpc) is 3.33. The van der Waals surface area contributed by atoms with Gasteiger partial charge in [0.25, 0.3) is 0 Å². The number of hydrogen-bond donors (Lipinski definition) is 1. The number of ether oxygens (including phenoxy) is 1.